The number of nitrogens with one attached hydrogen (secondary N) is 1. The molecule has 0 atom stereocenters. The van der Waals surface area contributed by atoms with E-state index < -0.39 is 5.41 Å². The Balaban J connectivity index is 1.60. The summed E-state index contributed by atoms with van der Waals surface area (Å²) in [4.78, 5) is 12.6. The van der Waals surface area contributed by atoms with E-state index in [-0.39, 0.29) is 5.91 Å². The van der Waals surface area contributed by atoms with Crippen molar-refractivity contribution >= 4 is 17.5 Å². The molecule has 1 saturated carbocycles. The molecule has 3 rings (SSSR count). The Hall–Kier alpha value is -1.88. The molecule has 1 fully saturated rings. The Kier molecular flexibility index (Phi) is 4.39. The van der Waals surface area contributed by atoms with Gasteiger partial charge in [0.2, 0.25) is 5.91 Å². The number of hydrogen-bond acceptors (Lipinski definition) is 3. The second-order valence-corrected chi connectivity index (χ2v) is 6.92. The average molecular weight is 333 g/mol. The zero-order chi connectivity index (χ0) is 16.4. The van der Waals surface area contributed by atoms with Crippen molar-refractivity contribution in [2.24, 2.45) is 0 Å². The molecule has 0 unspecified atom stereocenters. The first kappa shape index (κ1) is 16.0. The maximum atomic E-state index is 12.6. The lowest BCUT2D eigenvalue weighted by molar-refractivity contribution is -0.125. The maximum Gasteiger partial charge on any atom is 0.230 e. The van der Waals surface area contributed by atoms with Crippen LogP contribution in [0.25, 0.3) is 0 Å². The van der Waals surface area contributed by atoms with E-state index in [1.807, 2.05) is 42.7 Å². The number of nitrogens with zero attached hydrogens (tertiary/aromatic N) is 3. The van der Waals surface area contributed by atoms with Crippen LogP contribution in [-0.2, 0) is 16.8 Å². The molecular formula is C17H21ClN4O. The number of rotatable bonds is 6. The Labute approximate surface area is 141 Å². The van der Waals surface area contributed by atoms with Crippen molar-refractivity contribution < 1.29 is 4.79 Å². The van der Waals surface area contributed by atoms with Gasteiger partial charge in [-0.2, -0.15) is 0 Å². The lowest BCUT2D eigenvalue weighted by Crippen LogP contribution is -2.41. The third-order valence-electron chi connectivity index (χ3n) is 4.34. The van der Waals surface area contributed by atoms with Crippen LogP contribution < -0.4 is 5.32 Å². The minimum absolute atomic E-state index is 0.0355. The maximum absolute atomic E-state index is 12.6. The number of hydrogen-bond donors (Lipinski definition) is 1. The third-order valence-corrected chi connectivity index (χ3v) is 4.67. The van der Waals surface area contributed by atoms with Crippen LogP contribution in [0.2, 0.25) is 5.02 Å². The summed E-state index contributed by atoms with van der Waals surface area (Å²) >= 11 is 6.23. The standard InChI is InChI=1S/C17H21ClN4O/c1-17(2,13-5-3-4-6-14(13)18)16(23)19-9-10-22-11-20-21-15(22)12-7-8-12/h3-6,11-12H,7-10H2,1-2H3,(H,19,23). The number of halogens is 1. The van der Waals surface area contributed by atoms with Crippen LogP contribution in [0.5, 0.6) is 0 Å². The lowest BCUT2D eigenvalue weighted by atomic mass is 9.83. The van der Waals surface area contributed by atoms with E-state index in [1.165, 1.54) is 12.8 Å². The summed E-state index contributed by atoms with van der Waals surface area (Å²) in [5.74, 6) is 1.55. The van der Waals surface area contributed by atoms with Crippen LogP contribution in [0.15, 0.2) is 30.6 Å². The molecule has 0 spiro atoms. The van der Waals surface area contributed by atoms with E-state index >= 15 is 0 Å². The summed E-state index contributed by atoms with van der Waals surface area (Å²) in [5.41, 5.74) is 0.160. The van der Waals surface area contributed by atoms with Crippen molar-refractivity contribution in [3.63, 3.8) is 0 Å². The summed E-state index contributed by atoms with van der Waals surface area (Å²) in [6, 6.07) is 7.47. The van der Waals surface area contributed by atoms with Gasteiger partial charge in [-0.1, -0.05) is 29.8 Å². The molecule has 0 saturated heterocycles. The predicted molar refractivity (Wildman–Crippen MR) is 89.5 cm³/mol. The molecule has 1 amide bonds. The zero-order valence-electron chi connectivity index (χ0n) is 13.4. The van der Waals surface area contributed by atoms with Gasteiger partial charge in [0, 0.05) is 24.0 Å². The molecular weight excluding hydrogens is 312 g/mol. The molecule has 6 heteroatoms. The van der Waals surface area contributed by atoms with Crippen LogP contribution in [0.3, 0.4) is 0 Å². The zero-order valence-corrected chi connectivity index (χ0v) is 14.2. The second kappa shape index (κ2) is 6.32. The molecule has 1 heterocycles. The van der Waals surface area contributed by atoms with Crippen molar-refractivity contribution in [1.29, 1.82) is 0 Å². The van der Waals surface area contributed by atoms with Gasteiger partial charge in [-0.15, -0.1) is 10.2 Å². The molecule has 5 nitrogen and oxygen atoms in total. The molecule has 2 aromatic rings. The quantitative estimate of drug-likeness (QED) is 0.884. The van der Waals surface area contributed by atoms with Crippen molar-refractivity contribution in [1.82, 2.24) is 20.1 Å². The van der Waals surface area contributed by atoms with Gasteiger partial charge >= 0.3 is 0 Å². The monoisotopic (exact) mass is 332 g/mol. The largest absolute Gasteiger partial charge is 0.354 e. The van der Waals surface area contributed by atoms with Crippen LogP contribution in [0, 0.1) is 0 Å². The third kappa shape index (κ3) is 3.39. The van der Waals surface area contributed by atoms with E-state index in [0.29, 0.717) is 24.0 Å². The number of benzene rings is 1. The van der Waals surface area contributed by atoms with Gasteiger partial charge in [-0.05, 0) is 38.3 Å². The van der Waals surface area contributed by atoms with Gasteiger partial charge in [0.15, 0.2) is 0 Å². The fourth-order valence-corrected chi connectivity index (χ4v) is 3.07. The van der Waals surface area contributed by atoms with Gasteiger partial charge in [-0.3, -0.25) is 4.79 Å². The first-order chi connectivity index (χ1) is 11.0. The number of amides is 1. The average Bonchev–Trinajstić information content (AvgIpc) is 3.26. The summed E-state index contributed by atoms with van der Waals surface area (Å²) in [6.45, 7) is 5.00. The van der Waals surface area contributed by atoms with Gasteiger partial charge < -0.3 is 9.88 Å². The normalized spacial score (nSPS) is 14.7. The van der Waals surface area contributed by atoms with Gasteiger partial charge in [-0.25, -0.2) is 0 Å². The molecule has 0 radical (unpaired) electrons. The molecule has 1 aliphatic carbocycles. The van der Waals surface area contributed by atoms with E-state index in [1.54, 1.807) is 6.33 Å². The molecule has 23 heavy (non-hydrogen) atoms. The van der Waals surface area contributed by atoms with Gasteiger partial charge in [0.25, 0.3) is 0 Å². The van der Waals surface area contributed by atoms with Crippen LogP contribution >= 0.6 is 11.6 Å². The van der Waals surface area contributed by atoms with Crippen molar-refractivity contribution in [2.75, 3.05) is 6.54 Å². The first-order valence-corrected chi connectivity index (χ1v) is 8.29. The lowest BCUT2D eigenvalue weighted by Gasteiger charge is -2.25. The van der Waals surface area contributed by atoms with E-state index in [9.17, 15) is 4.79 Å². The fraction of sp³-hybridized carbons (Fsp3) is 0.471. The van der Waals surface area contributed by atoms with Gasteiger partial charge in [0.1, 0.15) is 12.2 Å². The summed E-state index contributed by atoms with van der Waals surface area (Å²) < 4.78 is 2.03. The Morgan fingerprint density at radius 1 is 1.39 bits per heavy atom. The topological polar surface area (TPSA) is 59.8 Å². The second-order valence-electron chi connectivity index (χ2n) is 6.52. The van der Waals surface area contributed by atoms with Crippen LogP contribution in [0.1, 0.15) is 44.0 Å². The minimum Gasteiger partial charge on any atom is -0.354 e. The molecule has 0 aliphatic heterocycles. The highest BCUT2D eigenvalue weighted by atomic mass is 35.5. The summed E-state index contributed by atoms with van der Waals surface area (Å²) in [7, 11) is 0. The van der Waals surface area contributed by atoms with E-state index in [4.69, 9.17) is 11.6 Å². The SMILES string of the molecule is CC(C)(C(=O)NCCn1cnnc1C1CC1)c1ccccc1Cl. The summed E-state index contributed by atoms with van der Waals surface area (Å²) in [5, 5.41) is 11.8. The fourth-order valence-electron chi connectivity index (χ4n) is 2.70. The predicted octanol–water partition coefficient (Wildman–Crippen LogP) is 2.90. The highest BCUT2D eigenvalue weighted by molar-refractivity contribution is 6.31. The number of carbonyl (C=O) groups is 1. The Bertz CT molecular complexity index is 706. The minimum atomic E-state index is -0.676. The molecule has 1 aliphatic rings. The summed E-state index contributed by atoms with van der Waals surface area (Å²) in [6.07, 6.45) is 4.11. The smallest absolute Gasteiger partial charge is 0.230 e. The highest BCUT2D eigenvalue weighted by Gasteiger charge is 2.32. The van der Waals surface area contributed by atoms with Crippen molar-refractivity contribution in [3.05, 3.63) is 47.0 Å². The van der Waals surface area contributed by atoms with Crippen molar-refractivity contribution in [3.8, 4) is 0 Å². The number of carbonyl (C=O) groups excluding carboxylic acids is 1. The van der Waals surface area contributed by atoms with Crippen LogP contribution in [0.4, 0.5) is 0 Å². The molecule has 1 N–H and O–H groups in total. The molecule has 0 bridgehead atoms. The van der Waals surface area contributed by atoms with E-state index in [0.717, 1.165) is 11.4 Å². The molecule has 1 aromatic heterocycles. The van der Waals surface area contributed by atoms with Crippen LogP contribution in [-0.4, -0.2) is 27.2 Å². The molecule has 122 valence electrons. The number of aromatic nitrogens is 3. The Morgan fingerprint density at radius 2 is 2.13 bits per heavy atom. The van der Waals surface area contributed by atoms with Crippen molar-refractivity contribution in [2.45, 2.75) is 44.6 Å². The molecule has 1 aromatic carbocycles. The highest BCUT2D eigenvalue weighted by Crippen LogP contribution is 2.38. The van der Waals surface area contributed by atoms with Gasteiger partial charge in [0.05, 0.1) is 5.41 Å². The first-order valence-electron chi connectivity index (χ1n) is 7.91. The van der Waals surface area contributed by atoms with E-state index in [2.05, 4.69) is 15.5 Å². The Morgan fingerprint density at radius 3 is 2.83 bits per heavy atom.